The summed E-state index contributed by atoms with van der Waals surface area (Å²) in [6.07, 6.45) is 1.76. The summed E-state index contributed by atoms with van der Waals surface area (Å²) >= 11 is 0. The fourth-order valence-corrected chi connectivity index (χ4v) is 2.32. The summed E-state index contributed by atoms with van der Waals surface area (Å²) in [4.78, 5) is 14.3. The highest BCUT2D eigenvalue weighted by molar-refractivity contribution is 5.58. The zero-order valence-electron chi connectivity index (χ0n) is 10.6. The Balaban J connectivity index is 2.08. The highest BCUT2D eigenvalue weighted by atomic mass is 16.1. The van der Waals surface area contributed by atoms with Crippen LogP contribution < -0.4 is 5.56 Å². The average Bonchev–Trinajstić information content (AvgIpc) is 2.75. The molecule has 0 fully saturated rings. The summed E-state index contributed by atoms with van der Waals surface area (Å²) < 4.78 is 3.58. The van der Waals surface area contributed by atoms with Crippen molar-refractivity contribution in [2.45, 2.75) is 13.1 Å². The third kappa shape index (κ3) is 1.76. The van der Waals surface area contributed by atoms with Crippen molar-refractivity contribution in [3.63, 3.8) is 0 Å². The second-order valence-corrected chi connectivity index (χ2v) is 4.82. The van der Waals surface area contributed by atoms with E-state index >= 15 is 0 Å². The first kappa shape index (κ1) is 11.2. The molecule has 5 heteroatoms. The van der Waals surface area contributed by atoms with Crippen molar-refractivity contribution in [2.24, 2.45) is 7.05 Å². The summed E-state index contributed by atoms with van der Waals surface area (Å²) in [7, 11) is 3.85. The van der Waals surface area contributed by atoms with Crippen LogP contribution in [0.15, 0.2) is 29.2 Å². The van der Waals surface area contributed by atoms with Gasteiger partial charge in [0.05, 0.1) is 23.5 Å². The molecule has 0 bridgehead atoms. The second-order valence-electron chi connectivity index (χ2n) is 4.82. The molecule has 0 aromatic carbocycles. The predicted molar refractivity (Wildman–Crippen MR) is 69.2 cm³/mol. The smallest absolute Gasteiger partial charge is 0.259 e. The fourth-order valence-electron chi connectivity index (χ4n) is 2.32. The van der Waals surface area contributed by atoms with Gasteiger partial charge < -0.3 is 4.57 Å². The van der Waals surface area contributed by atoms with Crippen LogP contribution in [0, 0.1) is 0 Å². The van der Waals surface area contributed by atoms with Crippen LogP contribution in [0.1, 0.15) is 5.69 Å². The van der Waals surface area contributed by atoms with Crippen LogP contribution in [-0.2, 0) is 20.1 Å². The van der Waals surface area contributed by atoms with Crippen LogP contribution >= 0.6 is 0 Å². The van der Waals surface area contributed by atoms with Crippen molar-refractivity contribution in [1.82, 2.24) is 19.2 Å². The number of hydrogen-bond acceptors (Lipinski definition) is 3. The molecule has 0 aliphatic carbocycles. The molecule has 0 spiro atoms. The fraction of sp³-hybridized carbons (Fsp3) is 0.385. The van der Waals surface area contributed by atoms with Gasteiger partial charge >= 0.3 is 0 Å². The molecule has 0 N–H and O–H groups in total. The monoisotopic (exact) mass is 244 g/mol. The summed E-state index contributed by atoms with van der Waals surface area (Å²) in [5.41, 5.74) is 2.62. The first-order chi connectivity index (χ1) is 8.65. The summed E-state index contributed by atoms with van der Waals surface area (Å²) in [6.45, 7) is 2.78. The largest absolute Gasteiger partial charge is 0.318 e. The lowest BCUT2D eigenvalue weighted by Gasteiger charge is -2.22. The minimum Gasteiger partial charge on any atom is -0.318 e. The van der Waals surface area contributed by atoms with Gasteiger partial charge in [-0.15, -0.1) is 0 Å². The van der Waals surface area contributed by atoms with Crippen LogP contribution in [0.5, 0.6) is 0 Å². The van der Waals surface area contributed by atoms with Gasteiger partial charge in [0.15, 0.2) is 0 Å². The molecule has 2 aromatic rings. The Hall–Kier alpha value is -1.88. The third-order valence-electron chi connectivity index (χ3n) is 3.39. The second kappa shape index (κ2) is 4.10. The predicted octanol–water partition coefficient (Wildman–Crippen LogP) is 0.694. The van der Waals surface area contributed by atoms with Crippen molar-refractivity contribution >= 4 is 0 Å². The van der Waals surface area contributed by atoms with Crippen LogP contribution in [0.25, 0.3) is 11.3 Å². The lowest BCUT2D eigenvalue weighted by molar-refractivity contribution is 0.259. The molecule has 18 heavy (non-hydrogen) atoms. The van der Waals surface area contributed by atoms with Crippen LogP contribution in [-0.4, -0.2) is 32.8 Å². The van der Waals surface area contributed by atoms with Gasteiger partial charge in [0.2, 0.25) is 0 Å². The molecule has 0 radical (unpaired) electrons. The molecule has 1 aliphatic heterocycles. The number of fused-ring (bicyclic) bond motifs is 1. The SMILES string of the molecule is CN1CCn2nc(-c3cccn(C)c3=O)cc2C1. The van der Waals surface area contributed by atoms with E-state index in [2.05, 4.69) is 17.0 Å². The molecule has 3 rings (SSSR count). The van der Waals surface area contributed by atoms with Crippen molar-refractivity contribution in [2.75, 3.05) is 13.6 Å². The minimum absolute atomic E-state index is 0.00121. The average molecular weight is 244 g/mol. The molecule has 1 aliphatic rings. The van der Waals surface area contributed by atoms with Crippen LogP contribution in [0.3, 0.4) is 0 Å². The molecule has 94 valence electrons. The van der Waals surface area contributed by atoms with E-state index in [9.17, 15) is 4.79 Å². The van der Waals surface area contributed by atoms with Gasteiger partial charge in [-0.2, -0.15) is 5.10 Å². The van der Waals surface area contributed by atoms with E-state index in [-0.39, 0.29) is 5.56 Å². The first-order valence-electron chi connectivity index (χ1n) is 6.06. The van der Waals surface area contributed by atoms with Crippen molar-refractivity contribution in [3.8, 4) is 11.3 Å². The molecule has 2 aromatic heterocycles. The standard InChI is InChI=1S/C13H16N4O/c1-15-6-7-17-10(9-15)8-12(14-17)11-4-3-5-16(2)13(11)18/h3-5,8H,6-7,9H2,1-2H3. The number of likely N-dealkylation sites (N-methyl/N-ethyl adjacent to an activating group) is 1. The number of hydrogen-bond donors (Lipinski definition) is 0. The van der Waals surface area contributed by atoms with Gasteiger partial charge in [-0.1, -0.05) is 0 Å². The first-order valence-corrected chi connectivity index (χ1v) is 6.06. The Bertz CT molecular complexity index is 641. The maximum atomic E-state index is 12.0. The van der Waals surface area contributed by atoms with Gasteiger partial charge in [-0.25, -0.2) is 0 Å². The summed E-state index contributed by atoms with van der Waals surface area (Å²) in [6, 6.07) is 5.73. The van der Waals surface area contributed by atoms with E-state index < -0.39 is 0 Å². The Morgan fingerprint density at radius 3 is 2.94 bits per heavy atom. The van der Waals surface area contributed by atoms with E-state index in [0.29, 0.717) is 5.56 Å². The zero-order valence-corrected chi connectivity index (χ0v) is 10.6. The Morgan fingerprint density at radius 1 is 1.28 bits per heavy atom. The maximum Gasteiger partial charge on any atom is 0.259 e. The van der Waals surface area contributed by atoms with E-state index in [1.54, 1.807) is 17.8 Å². The molecular formula is C13H16N4O. The van der Waals surface area contributed by atoms with Gasteiger partial charge in [0, 0.05) is 26.3 Å². The van der Waals surface area contributed by atoms with E-state index in [1.807, 2.05) is 22.9 Å². The van der Waals surface area contributed by atoms with Crippen molar-refractivity contribution < 1.29 is 0 Å². The molecule has 5 nitrogen and oxygen atoms in total. The number of nitrogens with zero attached hydrogens (tertiary/aromatic N) is 4. The Labute approximate surface area is 105 Å². The molecule has 0 saturated carbocycles. The molecule has 0 saturated heterocycles. The summed E-state index contributed by atoms with van der Waals surface area (Å²) in [5.74, 6) is 0. The van der Waals surface area contributed by atoms with Gasteiger partial charge in [0.25, 0.3) is 5.56 Å². The Kier molecular flexibility index (Phi) is 2.56. The highest BCUT2D eigenvalue weighted by Gasteiger charge is 2.17. The third-order valence-corrected chi connectivity index (χ3v) is 3.39. The lowest BCUT2D eigenvalue weighted by atomic mass is 10.2. The van der Waals surface area contributed by atoms with Crippen LogP contribution in [0.4, 0.5) is 0 Å². The van der Waals surface area contributed by atoms with Crippen molar-refractivity contribution in [1.29, 1.82) is 0 Å². The Morgan fingerprint density at radius 2 is 2.11 bits per heavy atom. The van der Waals surface area contributed by atoms with Gasteiger partial charge in [-0.05, 0) is 25.2 Å². The number of rotatable bonds is 1. The summed E-state index contributed by atoms with van der Waals surface area (Å²) in [5, 5.41) is 4.53. The minimum atomic E-state index is 0.00121. The maximum absolute atomic E-state index is 12.0. The molecule has 0 amide bonds. The van der Waals surface area contributed by atoms with Crippen LogP contribution in [0.2, 0.25) is 0 Å². The molecule has 0 atom stereocenters. The highest BCUT2D eigenvalue weighted by Crippen LogP contribution is 2.18. The van der Waals surface area contributed by atoms with E-state index in [4.69, 9.17) is 0 Å². The topological polar surface area (TPSA) is 43.1 Å². The van der Waals surface area contributed by atoms with E-state index in [0.717, 1.165) is 25.3 Å². The van der Waals surface area contributed by atoms with Gasteiger partial charge in [-0.3, -0.25) is 14.4 Å². The molecule has 3 heterocycles. The number of aryl methyl sites for hydroxylation is 1. The molecular weight excluding hydrogens is 228 g/mol. The van der Waals surface area contributed by atoms with Crippen molar-refractivity contribution in [3.05, 3.63) is 40.4 Å². The lowest BCUT2D eigenvalue weighted by Crippen LogP contribution is -2.30. The number of pyridine rings is 1. The zero-order chi connectivity index (χ0) is 12.7. The molecule has 0 unspecified atom stereocenters. The number of aromatic nitrogens is 3. The normalized spacial score (nSPS) is 15.7. The quantitative estimate of drug-likeness (QED) is 0.741. The van der Waals surface area contributed by atoms with E-state index in [1.165, 1.54) is 5.69 Å². The van der Waals surface area contributed by atoms with Gasteiger partial charge in [0.1, 0.15) is 0 Å².